The minimum absolute atomic E-state index is 0.00459. The van der Waals surface area contributed by atoms with Crippen molar-refractivity contribution in [2.24, 2.45) is 0 Å². The molecule has 0 bridgehead atoms. The number of nitro benzene ring substituents is 1. The van der Waals surface area contributed by atoms with Crippen LogP contribution in [-0.4, -0.2) is 29.1 Å². The van der Waals surface area contributed by atoms with Gasteiger partial charge in [-0.3, -0.25) is 19.7 Å². The third-order valence-electron chi connectivity index (χ3n) is 3.34. The van der Waals surface area contributed by atoms with E-state index in [1.807, 2.05) is 6.92 Å². The lowest BCUT2D eigenvalue weighted by atomic mass is 10.2. The molecule has 0 spiro atoms. The van der Waals surface area contributed by atoms with Crippen molar-refractivity contribution in [1.82, 2.24) is 9.88 Å². The third-order valence-corrected chi connectivity index (χ3v) is 3.34. The van der Waals surface area contributed by atoms with Crippen LogP contribution in [0.5, 0.6) is 5.75 Å². The highest BCUT2D eigenvalue weighted by Crippen LogP contribution is 2.23. The smallest absolute Gasteiger partial charge is 0.293 e. The summed E-state index contributed by atoms with van der Waals surface area (Å²) in [6.07, 6.45) is 0.713. The highest BCUT2D eigenvalue weighted by molar-refractivity contribution is 5.83. The highest BCUT2D eigenvalue weighted by Gasteiger charge is 2.14. The van der Waals surface area contributed by atoms with Gasteiger partial charge in [0.1, 0.15) is 0 Å². The zero-order chi connectivity index (χ0) is 17.0. The number of ether oxygens (including phenoxy) is 1. The molecule has 8 heteroatoms. The van der Waals surface area contributed by atoms with Crippen molar-refractivity contribution in [3.05, 3.63) is 44.7 Å². The molecule has 8 nitrogen and oxygen atoms in total. The SMILES string of the molecule is CCCn1c(=O)c(OCC(=O)NC)cc2cc([N+](=O)[O-])ccc21. The van der Waals surface area contributed by atoms with Crippen LogP contribution < -0.4 is 15.6 Å². The number of carbonyl (C=O) groups excluding carboxylic acids is 1. The van der Waals surface area contributed by atoms with Crippen molar-refractivity contribution in [2.75, 3.05) is 13.7 Å². The Hall–Kier alpha value is -2.90. The number of nitrogens with zero attached hydrogens (tertiary/aromatic N) is 2. The molecule has 1 aromatic carbocycles. The van der Waals surface area contributed by atoms with Crippen LogP contribution in [0.15, 0.2) is 29.1 Å². The van der Waals surface area contributed by atoms with Crippen molar-refractivity contribution in [3.63, 3.8) is 0 Å². The molecular weight excluding hydrogens is 302 g/mol. The standard InChI is InChI=1S/C15H17N3O5/c1-3-6-17-12-5-4-11(18(21)22)7-10(12)8-13(15(17)20)23-9-14(19)16-2/h4-5,7-8H,3,6,9H2,1-2H3,(H,16,19). The molecule has 0 aliphatic heterocycles. The maximum Gasteiger partial charge on any atom is 0.293 e. The summed E-state index contributed by atoms with van der Waals surface area (Å²) in [6.45, 7) is 2.07. The second-order valence-corrected chi connectivity index (χ2v) is 4.93. The number of benzene rings is 1. The van der Waals surface area contributed by atoms with E-state index in [4.69, 9.17) is 4.74 Å². The number of carbonyl (C=O) groups is 1. The van der Waals surface area contributed by atoms with Gasteiger partial charge in [0.2, 0.25) is 0 Å². The zero-order valence-electron chi connectivity index (χ0n) is 12.9. The Morgan fingerprint density at radius 2 is 2.13 bits per heavy atom. The van der Waals surface area contributed by atoms with E-state index in [9.17, 15) is 19.7 Å². The fraction of sp³-hybridized carbons (Fsp3) is 0.333. The average molecular weight is 319 g/mol. The molecule has 23 heavy (non-hydrogen) atoms. The van der Waals surface area contributed by atoms with Crippen LogP contribution in [0.25, 0.3) is 10.9 Å². The lowest BCUT2D eigenvalue weighted by Gasteiger charge is -2.12. The van der Waals surface area contributed by atoms with E-state index < -0.39 is 4.92 Å². The third kappa shape index (κ3) is 3.47. The van der Waals surface area contributed by atoms with Gasteiger partial charge in [0.05, 0.1) is 10.4 Å². The first-order valence-corrected chi connectivity index (χ1v) is 7.13. The Bertz CT molecular complexity index is 813. The van der Waals surface area contributed by atoms with Gasteiger partial charge in [-0.25, -0.2) is 0 Å². The van der Waals surface area contributed by atoms with E-state index in [1.165, 1.54) is 29.8 Å². The van der Waals surface area contributed by atoms with E-state index in [2.05, 4.69) is 5.32 Å². The molecule has 0 unspecified atom stereocenters. The molecule has 2 aromatic rings. The number of amides is 1. The van der Waals surface area contributed by atoms with Crippen LogP contribution in [0.4, 0.5) is 5.69 Å². The number of hydrogen-bond acceptors (Lipinski definition) is 5. The van der Waals surface area contributed by atoms with E-state index in [0.29, 0.717) is 23.9 Å². The lowest BCUT2D eigenvalue weighted by molar-refractivity contribution is -0.384. The predicted molar refractivity (Wildman–Crippen MR) is 84.7 cm³/mol. The van der Waals surface area contributed by atoms with E-state index in [0.717, 1.165) is 0 Å². The summed E-state index contributed by atoms with van der Waals surface area (Å²) in [6, 6.07) is 5.72. The van der Waals surface area contributed by atoms with Gasteiger partial charge in [-0.2, -0.15) is 0 Å². The molecule has 0 saturated carbocycles. The van der Waals surface area contributed by atoms with Gasteiger partial charge in [-0.15, -0.1) is 0 Å². The Morgan fingerprint density at radius 1 is 1.39 bits per heavy atom. The van der Waals surface area contributed by atoms with Crippen molar-refractivity contribution in [3.8, 4) is 5.75 Å². The Kier molecular flexibility index (Phi) is 4.95. The van der Waals surface area contributed by atoms with Gasteiger partial charge in [0, 0.05) is 31.1 Å². The maximum atomic E-state index is 12.5. The molecule has 122 valence electrons. The van der Waals surface area contributed by atoms with E-state index in [1.54, 1.807) is 6.07 Å². The average Bonchev–Trinajstić information content (AvgIpc) is 2.54. The highest BCUT2D eigenvalue weighted by atomic mass is 16.6. The number of pyridine rings is 1. The van der Waals surface area contributed by atoms with Crippen LogP contribution in [0.2, 0.25) is 0 Å². The second kappa shape index (κ2) is 6.91. The van der Waals surface area contributed by atoms with Crippen molar-refractivity contribution in [2.45, 2.75) is 19.9 Å². The summed E-state index contributed by atoms with van der Waals surface area (Å²) in [7, 11) is 1.46. The Balaban J connectivity index is 2.57. The molecule has 2 rings (SSSR count). The molecule has 0 aliphatic carbocycles. The van der Waals surface area contributed by atoms with Crippen LogP contribution in [0.1, 0.15) is 13.3 Å². The van der Waals surface area contributed by atoms with Gasteiger partial charge in [-0.1, -0.05) is 6.92 Å². The number of likely N-dealkylation sites (N-methyl/N-ethyl adjacent to an activating group) is 1. The number of hydrogen-bond donors (Lipinski definition) is 1. The quantitative estimate of drug-likeness (QED) is 0.641. The van der Waals surface area contributed by atoms with E-state index >= 15 is 0 Å². The summed E-state index contributed by atoms with van der Waals surface area (Å²) in [5.41, 5.74) is 0.156. The molecular formula is C15H17N3O5. The summed E-state index contributed by atoms with van der Waals surface area (Å²) in [5.74, 6) is -0.374. The largest absolute Gasteiger partial charge is 0.478 e. The molecule has 1 N–H and O–H groups in total. The van der Waals surface area contributed by atoms with Gasteiger partial charge in [0.25, 0.3) is 17.2 Å². The minimum atomic E-state index is -0.500. The zero-order valence-corrected chi connectivity index (χ0v) is 12.9. The van der Waals surface area contributed by atoms with Crippen molar-refractivity contribution in [1.29, 1.82) is 0 Å². The number of nitro groups is 1. The molecule has 0 radical (unpaired) electrons. The number of non-ortho nitro benzene ring substituents is 1. The molecule has 1 aromatic heterocycles. The fourth-order valence-corrected chi connectivity index (χ4v) is 2.23. The second-order valence-electron chi connectivity index (χ2n) is 4.93. The monoisotopic (exact) mass is 319 g/mol. The van der Waals surface area contributed by atoms with Crippen molar-refractivity contribution >= 4 is 22.5 Å². The topological polar surface area (TPSA) is 103 Å². The summed E-state index contributed by atoms with van der Waals surface area (Å²) in [4.78, 5) is 34.2. The first-order chi connectivity index (χ1) is 11.0. The number of nitrogens with one attached hydrogen (secondary N) is 1. The molecule has 0 fully saturated rings. The first kappa shape index (κ1) is 16.5. The summed E-state index contributed by atoms with van der Waals surface area (Å²) >= 11 is 0. The number of aromatic nitrogens is 1. The Labute approximate surface area is 131 Å². The van der Waals surface area contributed by atoms with Crippen LogP contribution in [0, 0.1) is 10.1 Å². The first-order valence-electron chi connectivity index (χ1n) is 7.13. The van der Waals surface area contributed by atoms with Gasteiger partial charge >= 0.3 is 0 Å². The van der Waals surface area contributed by atoms with Crippen molar-refractivity contribution < 1.29 is 14.5 Å². The fourth-order valence-electron chi connectivity index (χ4n) is 2.23. The van der Waals surface area contributed by atoms with Crippen LogP contribution >= 0.6 is 0 Å². The van der Waals surface area contributed by atoms with Gasteiger partial charge < -0.3 is 14.6 Å². The molecule has 0 saturated heterocycles. The summed E-state index contributed by atoms with van der Waals surface area (Å²) < 4.78 is 6.77. The molecule has 0 aliphatic rings. The number of fused-ring (bicyclic) bond motifs is 1. The summed E-state index contributed by atoms with van der Waals surface area (Å²) in [5, 5.41) is 13.8. The van der Waals surface area contributed by atoms with Crippen LogP contribution in [0.3, 0.4) is 0 Å². The molecule has 1 amide bonds. The normalized spacial score (nSPS) is 10.5. The molecule has 0 atom stereocenters. The van der Waals surface area contributed by atoms with Gasteiger partial charge in [-0.05, 0) is 18.6 Å². The minimum Gasteiger partial charge on any atom is -0.478 e. The lowest BCUT2D eigenvalue weighted by Crippen LogP contribution is -2.28. The number of aryl methyl sites for hydroxylation is 1. The molecule has 1 heterocycles. The maximum absolute atomic E-state index is 12.5. The predicted octanol–water partition coefficient (Wildman–Crippen LogP) is 1.44. The Morgan fingerprint density at radius 3 is 2.74 bits per heavy atom. The number of rotatable bonds is 6. The van der Waals surface area contributed by atoms with Crippen LogP contribution in [-0.2, 0) is 11.3 Å². The van der Waals surface area contributed by atoms with Gasteiger partial charge in [0.15, 0.2) is 12.4 Å². The van der Waals surface area contributed by atoms with E-state index in [-0.39, 0.29) is 29.5 Å².